The monoisotopic (exact) mass is 396 g/mol. The average Bonchev–Trinajstić information content (AvgIpc) is 2.73. The van der Waals surface area contributed by atoms with Crippen LogP contribution in [0, 0.1) is 13.8 Å². The number of ether oxygens (including phenoxy) is 1. The molecular formula is C22H28N4O3. The van der Waals surface area contributed by atoms with Crippen LogP contribution in [0.4, 0.5) is 5.69 Å². The second-order valence-corrected chi connectivity index (χ2v) is 7.08. The van der Waals surface area contributed by atoms with Crippen molar-refractivity contribution in [3.8, 4) is 0 Å². The molecule has 0 atom stereocenters. The van der Waals surface area contributed by atoms with Crippen molar-refractivity contribution in [1.29, 1.82) is 0 Å². The number of carbonyl (C=O) groups excluding carboxylic acids is 2. The van der Waals surface area contributed by atoms with Crippen molar-refractivity contribution >= 4 is 17.6 Å². The number of hydrogen-bond acceptors (Lipinski definition) is 6. The fourth-order valence-electron chi connectivity index (χ4n) is 3.68. The van der Waals surface area contributed by atoms with Crippen LogP contribution in [0.5, 0.6) is 0 Å². The van der Waals surface area contributed by atoms with E-state index in [4.69, 9.17) is 4.74 Å². The number of aromatic nitrogens is 2. The molecule has 1 aliphatic heterocycles. The van der Waals surface area contributed by atoms with Crippen molar-refractivity contribution in [2.24, 2.45) is 0 Å². The van der Waals surface area contributed by atoms with E-state index in [-0.39, 0.29) is 23.8 Å². The van der Waals surface area contributed by atoms with Gasteiger partial charge in [0.1, 0.15) is 17.1 Å². The van der Waals surface area contributed by atoms with Crippen LogP contribution in [0.2, 0.25) is 0 Å². The molecule has 0 aliphatic carbocycles. The molecule has 154 valence electrons. The summed E-state index contributed by atoms with van der Waals surface area (Å²) in [5.74, 6) is -0.291. The summed E-state index contributed by atoms with van der Waals surface area (Å²) in [5, 5.41) is 0. The predicted octanol–water partition coefficient (Wildman–Crippen LogP) is 2.79. The Bertz CT molecular complexity index is 905. The molecule has 0 radical (unpaired) electrons. The van der Waals surface area contributed by atoms with E-state index in [1.54, 1.807) is 18.7 Å². The highest BCUT2D eigenvalue weighted by atomic mass is 16.5. The molecule has 1 aromatic heterocycles. The van der Waals surface area contributed by atoms with Crippen molar-refractivity contribution in [1.82, 2.24) is 14.9 Å². The summed E-state index contributed by atoms with van der Waals surface area (Å²) in [6.07, 6.45) is 0.527. The Balaban J connectivity index is 1.83. The van der Waals surface area contributed by atoms with Crippen LogP contribution in [0.25, 0.3) is 0 Å². The van der Waals surface area contributed by atoms with Crippen molar-refractivity contribution in [3.63, 3.8) is 0 Å². The van der Waals surface area contributed by atoms with Gasteiger partial charge < -0.3 is 14.5 Å². The first-order valence-corrected chi connectivity index (χ1v) is 10.1. The molecule has 1 fully saturated rings. The maximum Gasteiger partial charge on any atom is 0.342 e. The highest BCUT2D eigenvalue weighted by Gasteiger charge is 2.30. The number of para-hydroxylation sites is 1. The number of nitrogens with zero attached hydrogens (tertiary/aromatic N) is 4. The minimum Gasteiger partial charge on any atom is -0.462 e. The lowest BCUT2D eigenvalue weighted by Crippen LogP contribution is -2.49. The number of amides is 1. The lowest BCUT2D eigenvalue weighted by molar-refractivity contribution is 0.0514. The molecule has 0 N–H and O–H groups in total. The summed E-state index contributed by atoms with van der Waals surface area (Å²) >= 11 is 0. The summed E-state index contributed by atoms with van der Waals surface area (Å²) in [6.45, 7) is 10.3. The van der Waals surface area contributed by atoms with Gasteiger partial charge >= 0.3 is 5.97 Å². The van der Waals surface area contributed by atoms with Crippen LogP contribution >= 0.6 is 0 Å². The molecule has 0 unspecified atom stereocenters. The Hall–Kier alpha value is -2.96. The third kappa shape index (κ3) is 4.39. The van der Waals surface area contributed by atoms with E-state index in [1.165, 1.54) is 11.3 Å². The molecule has 7 heteroatoms. The largest absolute Gasteiger partial charge is 0.462 e. The Morgan fingerprint density at radius 2 is 1.72 bits per heavy atom. The summed E-state index contributed by atoms with van der Waals surface area (Å²) in [6, 6.07) is 8.25. The van der Waals surface area contributed by atoms with Gasteiger partial charge in [0, 0.05) is 31.9 Å². The summed E-state index contributed by atoms with van der Waals surface area (Å²) in [4.78, 5) is 38.5. The quantitative estimate of drug-likeness (QED) is 0.724. The molecule has 1 saturated heterocycles. The lowest BCUT2D eigenvalue weighted by atomic mass is 10.1. The van der Waals surface area contributed by atoms with Gasteiger partial charge in [-0.3, -0.25) is 4.79 Å². The van der Waals surface area contributed by atoms with Crippen molar-refractivity contribution in [3.05, 3.63) is 52.6 Å². The number of aryl methyl sites for hydroxylation is 3. The van der Waals surface area contributed by atoms with Crippen molar-refractivity contribution in [2.45, 2.75) is 34.1 Å². The lowest BCUT2D eigenvalue weighted by Gasteiger charge is -2.36. The fraction of sp³-hybridized carbons (Fsp3) is 0.455. The molecular weight excluding hydrogens is 368 g/mol. The molecule has 2 heterocycles. The zero-order valence-corrected chi connectivity index (χ0v) is 17.6. The first kappa shape index (κ1) is 20.8. The van der Waals surface area contributed by atoms with E-state index >= 15 is 0 Å². The zero-order valence-electron chi connectivity index (χ0n) is 17.6. The van der Waals surface area contributed by atoms with Crippen LogP contribution < -0.4 is 4.90 Å². The highest BCUT2D eigenvalue weighted by Crippen LogP contribution is 2.22. The van der Waals surface area contributed by atoms with Crippen LogP contribution in [-0.2, 0) is 11.2 Å². The second-order valence-electron chi connectivity index (χ2n) is 7.08. The Morgan fingerprint density at radius 3 is 2.34 bits per heavy atom. The van der Waals surface area contributed by atoms with Crippen LogP contribution in [0.3, 0.4) is 0 Å². The van der Waals surface area contributed by atoms with Gasteiger partial charge in [0.15, 0.2) is 0 Å². The number of rotatable bonds is 5. The fourth-order valence-corrected chi connectivity index (χ4v) is 3.68. The van der Waals surface area contributed by atoms with Crippen LogP contribution in [0.1, 0.15) is 51.8 Å². The van der Waals surface area contributed by atoms with Gasteiger partial charge in [-0.1, -0.05) is 25.1 Å². The second kappa shape index (κ2) is 9.03. The minimum atomic E-state index is -0.536. The Morgan fingerprint density at radius 1 is 1.03 bits per heavy atom. The van der Waals surface area contributed by atoms with Gasteiger partial charge in [-0.2, -0.15) is 0 Å². The molecule has 3 rings (SSSR count). The van der Waals surface area contributed by atoms with E-state index in [0.29, 0.717) is 31.0 Å². The topological polar surface area (TPSA) is 75.6 Å². The molecule has 1 aliphatic rings. The Kier molecular flexibility index (Phi) is 6.46. The van der Waals surface area contributed by atoms with E-state index in [1.807, 2.05) is 19.1 Å². The minimum absolute atomic E-state index is 0.150. The standard InChI is InChI=1S/C22H28N4O3/c1-5-17-19(22(28)29-6-2)20(24-16(4)23-17)21(27)26-13-11-25(12-14-26)18-10-8-7-9-15(18)3/h7-10H,5-6,11-14H2,1-4H3. The third-order valence-electron chi connectivity index (χ3n) is 5.14. The SMILES string of the molecule is CCOC(=O)c1c(CC)nc(C)nc1C(=O)N1CCN(c2ccccc2C)CC1. The molecule has 1 aromatic carbocycles. The third-order valence-corrected chi connectivity index (χ3v) is 5.14. The normalized spacial score (nSPS) is 14.1. The molecule has 0 bridgehead atoms. The number of piperazine rings is 1. The Labute approximate surface area is 171 Å². The molecule has 0 saturated carbocycles. The van der Waals surface area contributed by atoms with Crippen molar-refractivity contribution < 1.29 is 14.3 Å². The van der Waals surface area contributed by atoms with Crippen LogP contribution in [0.15, 0.2) is 24.3 Å². The predicted molar refractivity (Wildman–Crippen MR) is 111 cm³/mol. The smallest absolute Gasteiger partial charge is 0.342 e. The molecule has 29 heavy (non-hydrogen) atoms. The molecule has 2 aromatic rings. The maximum absolute atomic E-state index is 13.3. The summed E-state index contributed by atoms with van der Waals surface area (Å²) in [5.41, 5.74) is 3.31. The maximum atomic E-state index is 13.3. The van der Waals surface area contributed by atoms with Crippen LogP contribution in [-0.4, -0.2) is 59.5 Å². The molecule has 1 amide bonds. The van der Waals surface area contributed by atoms with Gasteiger partial charge in [-0.25, -0.2) is 14.8 Å². The number of hydrogen-bond donors (Lipinski definition) is 0. The van der Waals surface area contributed by atoms with E-state index < -0.39 is 5.97 Å². The zero-order chi connectivity index (χ0) is 21.0. The van der Waals surface area contributed by atoms with E-state index in [2.05, 4.69) is 33.9 Å². The van der Waals surface area contributed by atoms with Gasteiger partial charge in [-0.05, 0) is 38.8 Å². The van der Waals surface area contributed by atoms with E-state index in [9.17, 15) is 9.59 Å². The number of anilines is 1. The molecule has 0 spiro atoms. The highest BCUT2D eigenvalue weighted by molar-refractivity contribution is 6.04. The average molecular weight is 396 g/mol. The van der Waals surface area contributed by atoms with Gasteiger partial charge in [0.05, 0.1) is 12.3 Å². The van der Waals surface area contributed by atoms with Gasteiger partial charge in [-0.15, -0.1) is 0 Å². The summed E-state index contributed by atoms with van der Waals surface area (Å²) < 4.78 is 5.18. The van der Waals surface area contributed by atoms with Gasteiger partial charge in [0.25, 0.3) is 5.91 Å². The number of carbonyl (C=O) groups is 2. The number of benzene rings is 1. The number of esters is 1. The summed E-state index contributed by atoms with van der Waals surface area (Å²) in [7, 11) is 0. The first-order chi connectivity index (χ1) is 14.0. The first-order valence-electron chi connectivity index (χ1n) is 10.1. The van der Waals surface area contributed by atoms with Crippen molar-refractivity contribution in [2.75, 3.05) is 37.7 Å². The van der Waals surface area contributed by atoms with Gasteiger partial charge in [0.2, 0.25) is 0 Å². The van der Waals surface area contributed by atoms with E-state index in [0.717, 1.165) is 13.1 Å². The molecule has 7 nitrogen and oxygen atoms in total.